The van der Waals surface area contributed by atoms with E-state index in [4.69, 9.17) is 9.47 Å². The van der Waals surface area contributed by atoms with Crippen molar-refractivity contribution in [2.45, 2.75) is 19.8 Å². The van der Waals surface area contributed by atoms with Crippen molar-refractivity contribution < 1.29 is 14.3 Å². The number of nitrogens with one attached hydrogen (secondary N) is 1. The highest BCUT2D eigenvalue weighted by Crippen LogP contribution is 2.25. The Labute approximate surface area is 143 Å². The fourth-order valence-electron chi connectivity index (χ4n) is 2.22. The molecule has 0 aliphatic carbocycles. The first kappa shape index (κ1) is 17.6. The van der Waals surface area contributed by atoms with E-state index in [1.807, 2.05) is 24.3 Å². The zero-order valence-corrected chi connectivity index (χ0v) is 14.1. The first-order valence-electron chi connectivity index (χ1n) is 7.95. The molecular weight excluding hydrogens is 302 g/mol. The highest BCUT2D eigenvalue weighted by Gasteiger charge is 2.09. The molecule has 0 fully saturated rings. The molecule has 126 valence electrons. The average Bonchev–Trinajstić information content (AvgIpc) is 2.59. The topological polar surface area (TPSA) is 47.6 Å². The van der Waals surface area contributed by atoms with E-state index in [0.29, 0.717) is 18.2 Å². The van der Waals surface area contributed by atoms with Gasteiger partial charge in [-0.2, -0.15) is 0 Å². The maximum Gasteiger partial charge on any atom is 0.262 e. The molecule has 2 aromatic rings. The van der Waals surface area contributed by atoms with Crippen molar-refractivity contribution in [3.05, 3.63) is 66.7 Å². The minimum Gasteiger partial charge on any atom is -0.490 e. The van der Waals surface area contributed by atoms with Crippen LogP contribution in [0.25, 0.3) is 0 Å². The van der Waals surface area contributed by atoms with Gasteiger partial charge in [0.2, 0.25) is 0 Å². The summed E-state index contributed by atoms with van der Waals surface area (Å²) in [6, 6.07) is 15.0. The maximum absolute atomic E-state index is 12.0. The lowest BCUT2D eigenvalue weighted by molar-refractivity contribution is -0.118. The predicted molar refractivity (Wildman–Crippen MR) is 96.8 cm³/mol. The Kier molecular flexibility index (Phi) is 6.43. The van der Waals surface area contributed by atoms with Crippen LogP contribution in [-0.4, -0.2) is 19.1 Å². The van der Waals surface area contributed by atoms with E-state index >= 15 is 0 Å². The molecule has 0 bridgehead atoms. The molecule has 0 unspecified atom stereocenters. The van der Waals surface area contributed by atoms with Gasteiger partial charge in [0, 0.05) is 5.69 Å². The number of hydrogen-bond acceptors (Lipinski definition) is 3. The second-order valence-electron chi connectivity index (χ2n) is 5.65. The van der Waals surface area contributed by atoms with Crippen molar-refractivity contribution >= 4 is 11.6 Å². The van der Waals surface area contributed by atoms with Gasteiger partial charge in [-0.05, 0) is 41.8 Å². The van der Waals surface area contributed by atoms with Crippen LogP contribution >= 0.6 is 0 Å². The number of carbonyl (C=O) groups excluding carboxylic acids is 1. The van der Waals surface area contributed by atoms with Gasteiger partial charge in [0.05, 0.1) is 0 Å². The monoisotopic (exact) mass is 325 g/mol. The Morgan fingerprint density at radius 2 is 1.83 bits per heavy atom. The first-order chi connectivity index (χ1) is 11.6. The Hall–Kier alpha value is -2.75. The van der Waals surface area contributed by atoms with E-state index in [-0.39, 0.29) is 12.5 Å². The van der Waals surface area contributed by atoms with E-state index in [1.54, 1.807) is 30.3 Å². The summed E-state index contributed by atoms with van der Waals surface area (Å²) in [6.07, 6.45) is 1.68. The van der Waals surface area contributed by atoms with Gasteiger partial charge in [-0.15, -0.1) is 0 Å². The predicted octanol–water partition coefficient (Wildman–Crippen LogP) is 4.39. The van der Waals surface area contributed by atoms with Crippen LogP contribution in [0.2, 0.25) is 0 Å². The highest BCUT2D eigenvalue weighted by atomic mass is 16.5. The summed E-state index contributed by atoms with van der Waals surface area (Å²) in [5, 5.41) is 2.80. The van der Waals surface area contributed by atoms with Gasteiger partial charge in [0.25, 0.3) is 5.91 Å². The highest BCUT2D eigenvalue weighted by molar-refractivity contribution is 5.91. The zero-order chi connectivity index (χ0) is 17.4. The van der Waals surface area contributed by atoms with Gasteiger partial charge < -0.3 is 14.8 Å². The molecule has 24 heavy (non-hydrogen) atoms. The van der Waals surface area contributed by atoms with Crippen LogP contribution in [0.5, 0.6) is 11.5 Å². The molecule has 0 aliphatic rings. The van der Waals surface area contributed by atoms with Crippen LogP contribution in [0.4, 0.5) is 5.69 Å². The summed E-state index contributed by atoms with van der Waals surface area (Å²) < 4.78 is 11.1. The van der Waals surface area contributed by atoms with Crippen LogP contribution in [-0.2, 0) is 4.79 Å². The van der Waals surface area contributed by atoms with Crippen molar-refractivity contribution in [3.63, 3.8) is 0 Å². The fraction of sp³-hybridized carbons (Fsp3) is 0.250. The second kappa shape index (κ2) is 8.77. The molecule has 2 aromatic carbocycles. The summed E-state index contributed by atoms with van der Waals surface area (Å²) >= 11 is 0. The second-order valence-corrected chi connectivity index (χ2v) is 5.65. The average molecular weight is 325 g/mol. The normalized spacial score (nSPS) is 10.3. The van der Waals surface area contributed by atoms with Gasteiger partial charge in [0.15, 0.2) is 6.61 Å². The lowest BCUT2D eigenvalue weighted by Crippen LogP contribution is -2.20. The van der Waals surface area contributed by atoms with Gasteiger partial charge >= 0.3 is 0 Å². The van der Waals surface area contributed by atoms with Crippen LogP contribution in [0.1, 0.15) is 25.3 Å². The smallest absolute Gasteiger partial charge is 0.262 e. The van der Waals surface area contributed by atoms with Crippen molar-refractivity contribution in [1.82, 2.24) is 0 Å². The van der Waals surface area contributed by atoms with Gasteiger partial charge in [0.1, 0.15) is 18.1 Å². The van der Waals surface area contributed by atoms with Crippen molar-refractivity contribution in [3.8, 4) is 11.5 Å². The number of hydrogen-bond donors (Lipinski definition) is 1. The number of para-hydroxylation sites is 1. The number of anilines is 1. The minimum atomic E-state index is -0.201. The third-order valence-electron chi connectivity index (χ3n) is 3.41. The van der Waals surface area contributed by atoms with E-state index in [2.05, 4.69) is 25.7 Å². The van der Waals surface area contributed by atoms with Crippen LogP contribution in [0, 0.1) is 0 Å². The molecule has 0 heterocycles. The number of carbonyl (C=O) groups is 1. The lowest BCUT2D eigenvalue weighted by Gasteiger charge is -2.13. The molecule has 4 nitrogen and oxygen atoms in total. The molecule has 2 rings (SSSR count). The Morgan fingerprint density at radius 1 is 1.12 bits per heavy atom. The minimum absolute atomic E-state index is 0.0293. The number of rotatable bonds is 8. The van der Waals surface area contributed by atoms with E-state index in [9.17, 15) is 4.79 Å². The van der Waals surface area contributed by atoms with Crippen molar-refractivity contribution in [2.75, 3.05) is 18.5 Å². The zero-order valence-electron chi connectivity index (χ0n) is 14.1. The summed E-state index contributed by atoms with van der Waals surface area (Å²) in [5.41, 5.74) is 1.79. The fourth-order valence-corrected chi connectivity index (χ4v) is 2.22. The van der Waals surface area contributed by atoms with Crippen LogP contribution in [0.3, 0.4) is 0 Å². The molecule has 0 radical (unpaired) electrons. The molecule has 0 aliphatic heterocycles. The summed E-state index contributed by atoms with van der Waals surface area (Å²) in [6.45, 7) is 8.21. The molecule has 4 heteroatoms. The van der Waals surface area contributed by atoms with E-state index in [0.717, 1.165) is 17.1 Å². The molecule has 0 atom stereocenters. The third kappa shape index (κ3) is 5.16. The third-order valence-corrected chi connectivity index (χ3v) is 3.41. The number of benzene rings is 2. The standard InChI is InChI=1S/C20H23NO3/c1-4-13-23-17-11-9-16(10-12-17)21-20(22)14-24-19-8-6-5-7-18(19)15(2)3/h4-12,15H,1,13-14H2,2-3H3,(H,21,22). The largest absolute Gasteiger partial charge is 0.490 e. The quantitative estimate of drug-likeness (QED) is 0.732. The summed E-state index contributed by atoms with van der Waals surface area (Å²) in [7, 11) is 0. The molecule has 0 spiro atoms. The van der Waals surface area contributed by atoms with Crippen molar-refractivity contribution in [2.24, 2.45) is 0 Å². The molecule has 0 aromatic heterocycles. The van der Waals surface area contributed by atoms with Gasteiger partial charge in [-0.25, -0.2) is 0 Å². The van der Waals surface area contributed by atoms with Crippen LogP contribution < -0.4 is 14.8 Å². The Bertz CT molecular complexity index is 678. The number of amides is 1. The Balaban J connectivity index is 1.88. The first-order valence-corrected chi connectivity index (χ1v) is 7.95. The summed E-state index contributed by atoms with van der Waals surface area (Å²) in [4.78, 5) is 12.0. The number of ether oxygens (including phenoxy) is 2. The summed E-state index contributed by atoms with van der Waals surface area (Å²) in [5.74, 6) is 1.62. The Morgan fingerprint density at radius 3 is 2.50 bits per heavy atom. The molecular formula is C20H23NO3. The molecule has 1 amide bonds. The van der Waals surface area contributed by atoms with Crippen LogP contribution in [0.15, 0.2) is 61.2 Å². The van der Waals surface area contributed by atoms with Gasteiger partial charge in [-0.1, -0.05) is 44.7 Å². The SMILES string of the molecule is C=CCOc1ccc(NC(=O)COc2ccccc2C(C)C)cc1. The lowest BCUT2D eigenvalue weighted by atomic mass is 10.0. The molecule has 1 N–H and O–H groups in total. The van der Waals surface area contributed by atoms with E-state index in [1.165, 1.54) is 0 Å². The van der Waals surface area contributed by atoms with Gasteiger partial charge in [-0.3, -0.25) is 4.79 Å². The molecule has 0 saturated heterocycles. The van der Waals surface area contributed by atoms with Crippen molar-refractivity contribution in [1.29, 1.82) is 0 Å². The van der Waals surface area contributed by atoms with E-state index < -0.39 is 0 Å². The molecule has 0 saturated carbocycles. The maximum atomic E-state index is 12.0.